The van der Waals surface area contributed by atoms with Crippen LogP contribution in [0.25, 0.3) is 5.78 Å². The quantitative estimate of drug-likeness (QED) is 0.529. The van der Waals surface area contributed by atoms with Gasteiger partial charge in [-0.15, -0.1) is 5.10 Å². The number of anilines is 1. The summed E-state index contributed by atoms with van der Waals surface area (Å²) in [6.45, 7) is 8.90. The molecule has 0 radical (unpaired) electrons. The van der Waals surface area contributed by atoms with Crippen molar-refractivity contribution in [1.29, 1.82) is 0 Å². The van der Waals surface area contributed by atoms with Gasteiger partial charge < -0.3 is 15.4 Å². The highest BCUT2D eigenvalue weighted by Gasteiger charge is 2.30. The Hall–Kier alpha value is -3.70. The van der Waals surface area contributed by atoms with Gasteiger partial charge in [0.2, 0.25) is 5.91 Å². The Morgan fingerprint density at radius 1 is 1.11 bits per heavy atom. The maximum absolute atomic E-state index is 12.9. The Kier molecular flexibility index (Phi) is 7.32. The highest BCUT2D eigenvalue weighted by molar-refractivity contribution is 5.91. The number of hydrogen-bond acceptors (Lipinski definition) is 6. The summed E-state index contributed by atoms with van der Waals surface area (Å²) in [5.74, 6) is 0.257. The molecule has 12 heteroatoms. The van der Waals surface area contributed by atoms with Crippen LogP contribution in [0.2, 0.25) is 0 Å². The van der Waals surface area contributed by atoms with Crippen LogP contribution in [0.15, 0.2) is 24.3 Å². The monoisotopic (exact) mass is 492 g/mol. The van der Waals surface area contributed by atoms with Crippen molar-refractivity contribution < 1.29 is 27.5 Å². The largest absolute Gasteiger partial charge is 0.444 e. The standard InChI is InChI=1S/C23H27F3N6O3/c1-13-17(9-10-19(33)29-16-8-6-7-15(11-16)23(24,25)26)14(2)32-20(28-13)30-18(31-32)12-27-21(34)35-22(3,4)5/h6-8,11H,9-10,12H2,1-5H3,(H,27,34)(H,29,33). The van der Waals surface area contributed by atoms with Crippen molar-refractivity contribution in [2.24, 2.45) is 0 Å². The molecule has 0 fully saturated rings. The van der Waals surface area contributed by atoms with Gasteiger partial charge in [0.15, 0.2) is 5.82 Å². The first kappa shape index (κ1) is 25.9. The van der Waals surface area contributed by atoms with Crippen molar-refractivity contribution in [3.63, 3.8) is 0 Å². The maximum atomic E-state index is 12.9. The van der Waals surface area contributed by atoms with Crippen LogP contribution in [-0.4, -0.2) is 37.2 Å². The normalized spacial score (nSPS) is 12.0. The summed E-state index contributed by atoms with van der Waals surface area (Å²) < 4.78 is 45.4. The molecule has 3 aromatic rings. The first-order valence-electron chi connectivity index (χ1n) is 10.9. The van der Waals surface area contributed by atoms with Gasteiger partial charge in [-0.3, -0.25) is 4.79 Å². The van der Waals surface area contributed by atoms with Gasteiger partial charge in [0.1, 0.15) is 5.60 Å². The second kappa shape index (κ2) is 9.88. The van der Waals surface area contributed by atoms with Gasteiger partial charge in [0.25, 0.3) is 5.78 Å². The SMILES string of the molecule is Cc1nc2nc(CNC(=O)OC(C)(C)C)nn2c(C)c1CCC(=O)Nc1cccc(C(F)(F)F)c1. The Morgan fingerprint density at radius 3 is 2.49 bits per heavy atom. The van der Waals surface area contributed by atoms with Gasteiger partial charge in [-0.25, -0.2) is 14.3 Å². The molecule has 9 nitrogen and oxygen atoms in total. The van der Waals surface area contributed by atoms with E-state index >= 15 is 0 Å². The molecule has 0 saturated heterocycles. The molecular weight excluding hydrogens is 465 g/mol. The molecular formula is C23H27F3N6O3. The van der Waals surface area contributed by atoms with Crippen molar-refractivity contribution in [3.05, 3.63) is 52.6 Å². The van der Waals surface area contributed by atoms with Crippen molar-refractivity contribution in [3.8, 4) is 0 Å². The topological polar surface area (TPSA) is 111 Å². The summed E-state index contributed by atoms with van der Waals surface area (Å²) in [6.07, 6.45) is -4.75. The lowest BCUT2D eigenvalue weighted by Crippen LogP contribution is -2.32. The van der Waals surface area contributed by atoms with Crippen LogP contribution >= 0.6 is 0 Å². The van der Waals surface area contributed by atoms with Gasteiger partial charge in [-0.1, -0.05) is 6.07 Å². The third kappa shape index (κ3) is 6.90. The van der Waals surface area contributed by atoms with E-state index in [4.69, 9.17) is 4.74 Å². The highest BCUT2D eigenvalue weighted by Crippen LogP contribution is 2.30. The van der Waals surface area contributed by atoms with Crippen molar-refractivity contribution in [2.45, 2.75) is 65.8 Å². The number of aryl methyl sites for hydroxylation is 2. The molecule has 0 spiro atoms. The van der Waals surface area contributed by atoms with E-state index in [-0.39, 0.29) is 18.7 Å². The van der Waals surface area contributed by atoms with Crippen molar-refractivity contribution in [1.82, 2.24) is 24.9 Å². The number of nitrogens with zero attached hydrogens (tertiary/aromatic N) is 4. The number of halogens is 3. The molecule has 2 heterocycles. The summed E-state index contributed by atoms with van der Waals surface area (Å²) in [6, 6.07) is 4.48. The third-order valence-corrected chi connectivity index (χ3v) is 4.96. The fourth-order valence-electron chi connectivity index (χ4n) is 3.39. The minimum absolute atomic E-state index is 0.0346. The summed E-state index contributed by atoms with van der Waals surface area (Å²) in [5.41, 5.74) is 0.753. The number of alkyl carbamates (subject to hydrolysis) is 1. The Labute approximate surface area is 200 Å². The zero-order valence-electron chi connectivity index (χ0n) is 20.1. The van der Waals surface area contributed by atoms with Crippen LogP contribution < -0.4 is 10.6 Å². The summed E-state index contributed by atoms with van der Waals surface area (Å²) in [7, 11) is 0. The number of ether oxygens (including phenoxy) is 1. The Balaban J connectivity index is 1.67. The van der Waals surface area contributed by atoms with E-state index in [0.29, 0.717) is 23.7 Å². The van der Waals surface area contributed by atoms with E-state index in [9.17, 15) is 22.8 Å². The van der Waals surface area contributed by atoms with Crippen LogP contribution in [0, 0.1) is 13.8 Å². The molecule has 2 N–H and O–H groups in total. The van der Waals surface area contributed by atoms with E-state index < -0.39 is 29.3 Å². The van der Waals surface area contributed by atoms with E-state index in [1.54, 1.807) is 27.7 Å². The molecule has 0 aliphatic carbocycles. The number of aromatic nitrogens is 4. The maximum Gasteiger partial charge on any atom is 0.416 e. The van der Waals surface area contributed by atoms with Gasteiger partial charge in [0, 0.05) is 23.5 Å². The van der Waals surface area contributed by atoms with Gasteiger partial charge in [0.05, 0.1) is 12.1 Å². The lowest BCUT2D eigenvalue weighted by Gasteiger charge is -2.19. The molecule has 0 atom stereocenters. The molecule has 0 aliphatic rings. The molecule has 35 heavy (non-hydrogen) atoms. The molecule has 0 unspecified atom stereocenters. The summed E-state index contributed by atoms with van der Waals surface area (Å²) in [5, 5.41) is 9.47. The predicted octanol–water partition coefficient (Wildman–Crippen LogP) is 4.36. The number of nitrogens with one attached hydrogen (secondary N) is 2. The molecule has 188 valence electrons. The van der Waals surface area contributed by atoms with Crippen molar-refractivity contribution in [2.75, 3.05) is 5.32 Å². The first-order valence-corrected chi connectivity index (χ1v) is 10.9. The molecule has 0 aliphatic heterocycles. The first-order chi connectivity index (χ1) is 16.2. The second-order valence-electron chi connectivity index (χ2n) is 8.98. The average Bonchev–Trinajstić information content (AvgIpc) is 3.13. The van der Waals surface area contributed by atoms with Crippen LogP contribution in [0.3, 0.4) is 0 Å². The van der Waals surface area contributed by atoms with Gasteiger partial charge in [-0.2, -0.15) is 18.2 Å². The number of carbonyl (C=O) groups excluding carboxylic acids is 2. The molecule has 0 bridgehead atoms. The fourth-order valence-corrected chi connectivity index (χ4v) is 3.39. The highest BCUT2D eigenvalue weighted by atomic mass is 19.4. The predicted molar refractivity (Wildman–Crippen MR) is 122 cm³/mol. The lowest BCUT2D eigenvalue weighted by molar-refractivity contribution is -0.137. The number of hydrogen-bond donors (Lipinski definition) is 2. The molecule has 3 rings (SSSR count). The Morgan fingerprint density at radius 2 is 1.83 bits per heavy atom. The zero-order valence-corrected chi connectivity index (χ0v) is 20.1. The minimum Gasteiger partial charge on any atom is -0.444 e. The number of rotatable bonds is 6. The number of fused-ring (bicyclic) bond motifs is 1. The number of benzene rings is 1. The number of alkyl halides is 3. The second-order valence-corrected chi connectivity index (χ2v) is 8.98. The van der Waals surface area contributed by atoms with E-state index in [0.717, 1.165) is 23.4 Å². The smallest absolute Gasteiger partial charge is 0.416 e. The van der Waals surface area contributed by atoms with Crippen LogP contribution in [0.5, 0.6) is 0 Å². The number of carbonyl (C=O) groups is 2. The van der Waals surface area contributed by atoms with Crippen LogP contribution in [0.1, 0.15) is 55.5 Å². The molecule has 1 aromatic carbocycles. The van der Waals surface area contributed by atoms with Gasteiger partial charge in [-0.05, 0) is 64.8 Å². The molecule has 2 amide bonds. The minimum atomic E-state index is -4.49. The molecule has 2 aromatic heterocycles. The zero-order chi connectivity index (χ0) is 26.0. The Bertz CT molecular complexity index is 1250. The molecule has 0 saturated carbocycles. The summed E-state index contributed by atoms with van der Waals surface area (Å²) >= 11 is 0. The third-order valence-electron chi connectivity index (χ3n) is 4.96. The van der Waals surface area contributed by atoms with Crippen molar-refractivity contribution >= 4 is 23.5 Å². The van der Waals surface area contributed by atoms with Crippen LogP contribution in [0.4, 0.5) is 23.7 Å². The van der Waals surface area contributed by atoms with Crippen LogP contribution in [-0.2, 0) is 28.7 Å². The lowest BCUT2D eigenvalue weighted by atomic mass is 10.1. The number of amides is 2. The summed E-state index contributed by atoms with van der Waals surface area (Å²) in [4.78, 5) is 33.0. The fraction of sp³-hybridized carbons (Fsp3) is 0.435. The van der Waals surface area contributed by atoms with E-state index in [1.165, 1.54) is 16.6 Å². The van der Waals surface area contributed by atoms with E-state index in [1.807, 2.05) is 6.92 Å². The van der Waals surface area contributed by atoms with Gasteiger partial charge >= 0.3 is 12.3 Å². The van der Waals surface area contributed by atoms with E-state index in [2.05, 4.69) is 25.7 Å². The average molecular weight is 493 g/mol.